The van der Waals surface area contributed by atoms with Gasteiger partial charge in [-0.15, -0.1) is 0 Å². The molecular weight excluding hydrogens is 324 g/mol. The molecule has 1 aromatic rings. The molecule has 1 heterocycles. The first-order valence-electron chi connectivity index (χ1n) is 7.31. The van der Waals surface area contributed by atoms with Crippen LogP contribution in [-0.2, 0) is 14.6 Å². The number of hydrogen-bond donors (Lipinski definition) is 1. The van der Waals surface area contributed by atoms with Crippen molar-refractivity contribution in [3.63, 3.8) is 0 Å². The zero-order valence-corrected chi connectivity index (χ0v) is 14.1. The maximum Gasteiger partial charge on any atom is 0.238 e. The van der Waals surface area contributed by atoms with Crippen molar-refractivity contribution in [2.45, 2.75) is 30.7 Å². The van der Waals surface area contributed by atoms with Gasteiger partial charge in [0.25, 0.3) is 0 Å². The van der Waals surface area contributed by atoms with Gasteiger partial charge in [0, 0.05) is 24.2 Å². The first-order valence-corrected chi connectivity index (χ1v) is 9.34. The summed E-state index contributed by atoms with van der Waals surface area (Å²) in [5.74, 6) is -0.642. The second-order valence-corrected chi connectivity index (χ2v) is 8.24. The number of sulfone groups is 1. The molecular formula is C15H21ClN2O3S. The van der Waals surface area contributed by atoms with Crippen molar-refractivity contribution < 1.29 is 13.2 Å². The number of nitrogens with two attached hydrogens (primary N) is 1. The van der Waals surface area contributed by atoms with E-state index in [4.69, 9.17) is 17.3 Å². The van der Waals surface area contributed by atoms with E-state index in [1.807, 2.05) is 6.92 Å². The minimum atomic E-state index is -3.64. The summed E-state index contributed by atoms with van der Waals surface area (Å²) in [6.07, 6.45) is 1.84. The van der Waals surface area contributed by atoms with Crippen molar-refractivity contribution in [1.29, 1.82) is 0 Å². The van der Waals surface area contributed by atoms with E-state index in [0.717, 1.165) is 12.8 Å². The van der Waals surface area contributed by atoms with E-state index in [-0.39, 0.29) is 22.8 Å². The fraction of sp³-hybridized carbons (Fsp3) is 0.533. The number of halogens is 1. The van der Waals surface area contributed by atoms with Crippen LogP contribution in [0.1, 0.15) is 19.8 Å². The molecule has 0 aromatic heterocycles. The summed E-state index contributed by atoms with van der Waals surface area (Å²) < 4.78 is 24.6. The molecule has 2 rings (SSSR count). The van der Waals surface area contributed by atoms with Gasteiger partial charge < -0.3 is 10.6 Å². The van der Waals surface area contributed by atoms with E-state index in [0.29, 0.717) is 18.1 Å². The molecule has 0 saturated carbocycles. The maximum absolute atomic E-state index is 12.3. The van der Waals surface area contributed by atoms with Gasteiger partial charge in [-0.2, -0.15) is 0 Å². The van der Waals surface area contributed by atoms with Crippen LogP contribution in [0.5, 0.6) is 0 Å². The molecule has 0 radical (unpaired) electrons. The molecule has 0 bridgehead atoms. The smallest absolute Gasteiger partial charge is 0.238 e. The Bertz CT molecular complexity index is 629. The number of amides is 1. The molecule has 0 spiro atoms. The number of rotatable bonds is 4. The van der Waals surface area contributed by atoms with Gasteiger partial charge in [0.05, 0.1) is 4.90 Å². The Labute approximate surface area is 136 Å². The number of piperidine rings is 1. The van der Waals surface area contributed by atoms with Gasteiger partial charge >= 0.3 is 0 Å². The average molecular weight is 345 g/mol. The van der Waals surface area contributed by atoms with Crippen molar-refractivity contribution in [2.75, 3.05) is 18.8 Å². The van der Waals surface area contributed by atoms with Crippen LogP contribution in [0.25, 0.3) is 0 Å². The number of likely N-dealkylation sites (tertiary alicyclic amines) is 1. The van der Waals surface area contributed by atoms with Crippen LogP contribution in [0.15, 0.2) is 29.2 Å². The van der Waals surface area contributed by atoms with Crippen molar-refractivity contribution in [3.05, 3.63) is 29.3 Å². The Hall–Kier alpha value is -1.11. The maximum atomic E-state index is 12.3. The topological polar surface area (TPSA) is 80.5 Å². The van der Waals surface area contributed by atoms with Gasteiger partial charge in [0.2, 0.25) is 5.91 Å². The highest BCUT2D eigenvalue weighted by atomic mass is 35.5. The van der Waals surface area contributed by atoms with Crippen LogP contribution >= 0.6 is 11.6 Å². The Balaban J connectivity index is 2.06. The van der Waals surface area contributed by atoms with E-state index in [2.05, 4.69) is 0 Å². The Morgan fingerprint density at radius 3 is 2.64 bits per heavy atom. The molecule has 0 aliphatic carbocycles. The first-order chi connectivity index (χ1) is 10.3. The standard InChI is InChI=1S/C15H21ClN2O3S/c1-11(17)12-3-2-8-18(9-12)15(19)10-22(20,21)14-6-4-13(16)5-7-14/h4-7,11-12H,2-3,8-10,17H2,1H3/t11-,12+/m1/s1. The normalized spacial score (nSPS) is 20.7. The number of carbonyl (C=O) groups is 1. The largest absolute Gasteiger partial charge is 0.341 e. The molecule has 1 amide bonds. The minimum Gasteiger partial charge on any atom is -0.341 e. The zero-order chi connectivity index (χ0) is 16.3. The van der Waals surface area contributed by atoms with Crippen LogP contribution < -0.4 is 5.73 Å². The van der Waals surface area contributed by atoms with Gasteiger partial charge in [0.15, 0.2) is 9.84 Å². The fourth-order valence-electron chi connectivity index (χ4n) is 2.64. The van der Waals surface area contributed by atoms with Gasteiger partial charge in [-0.05, 0) is 49.9 Å². The lowest BCUT2D eigenvalue weighted by molar-refractivity contribution is -0.130. The molecule has 122 valence electrons. The lowest BCUT2D eigenvalue weighted by atomic mass is 9.92. The Kier molecular flexibility index (Phi) is 5.47. The van der Waals surface area contributed by atoms with Crippen molar-refractivity contribution >= 4 is 27.3 Å². The monoisotopic (exact) mass is 344 g/mol. The molecule has 2 atom stereocenters. The molecule has 22 heavy (non-hydrogen) atoms. The van der Waals surface area contributed by atoms with Gasteiger partial charge in [-0.1, -0.05) is 11.6 Å². The Morgan fingerprint density at radius 2 is 2.05 bits per heavy atom. The highest BCUT2D eigenvalue weighted by molar-refractivity contribution is 7.92. The zero-order valence-electron chi connectivity index (χ0n) is 12.5. The van der Waals surface area contributed by atoms with E-state index in [1.165, 1.54) is 24.3 Å². The molecule has 2 N–H and O–H groups in total. The summed E-state index contributed by atoms with van der Waals surface area (Å²) in [5, 5.41) is 0.459. The highest BCUT2D eigenvalue weighted by Gasteiger charge is 2.29. The third-order valence-electron chi connectivity index (χ3n) is 4.04. The predicted molar refractivity (Wildman–Crippen MR) is 86.5 cm³/mol. The van der Waals surface area contributed by atoms with Crippen molar-refractivity contribution in [3.8, 4) is 0 Å². The summed E-state index contributed by atoms with van der Waals surface area (Å²) >= 11 is 5.75. The second-order valence-electron chi connectivity index (χ2n) is 5.81. The summed E-state index contributed by atoms with van der Waals surface area (Å²) in [6, 6.07) is 5.86. The van der Waals surface area contributed by atoms with Crippen molar-refractivity contribution in [1.82, 2.24) is 4.90 Å². The second kappa shape index (κ2) is 6.98. The Morgan fingerprint density at radius 1 is 1.41 bits per heavy atom. The summed E-state index contributed by atoms with van der Waals surface area (Å²) in [4.78, 5) is 14.0. The number of carbonyl (C=O) groups excluding carboxylic acids is 1. The van der Waals surface area contributed by atoms with E-state index < -0.39 is 15.6 Å². The average Bonchev–Trinajstić information content (AvgIpc) is 2.47. The summed E-state index contributed by atoms with van der Waals surface area (Å²) in [6.45, 7) is 3.05. The minimum absolute atomic E-state index is 0.00322. The lowest BCUT2D eigenvalue weighted by Crippen LogP contribution is -2.46. The number of nitrogens with zero attached hydrogens (tertiary/aromatic N) is 1. The molecule has 1 aromatic carbocycles. The van der Waals surface area contributed by atoms with Crippen molar-refractivity contribution in [2.24, 2.45) is 11.7 Å². The summed E-state index contributed by atoms with van der Waals surface area (Å²) in [7, 11) is -3.64. The third-order valence-corrected chi connectivity index (χ3v) is 5.91. The van der Waals surface area contributed by atoms with E-state index in [9.17, 15) is 13.2 Å². The van der Waals surface area contributed by atoms with Gasteiger partial charge in [0.1, 0.15) is 5.75 Å². The lowest BCUT2D eigenvalue weighted by Gasteiger charge is -2.34. The SMILES string of the molecule is C[C@@H](N)[C@H]1CCCN(C(=O)CS(=O)(=O)c2ccc(Cl)cc2)C1. The van der Waals surface area contributed by atoms with Crippen LogP contribution in [-0.4, -0.2) is 44.1 Å². The molecule has 0 unspecified atom stereocenters. The van der Waals surface area contributed by atoms with Gasteiger partial charge in [-0.25, -0.2) is 8.42 Å². The highest BCUT2D eigenvalue weighted by Crippen LogP contribution is 2.20. The van der Waals surface area contributed by atoms with Crippen LogP contribution in [0.4, 0.5) is 0 Å². The number of benzene rings is 1. The number of hydrogen-bond acceptors (Lipinski definition) is 4. The van der Waals surface area contributed by atoms with Gasteiger partial charge in [-0.3, -0.25) is 4.79 Å². The molecule has 1 aliphatic rings. The third kappa shape index (κ3) is 4.21. The van der Waals surface area contributed by atoms with Crippen LogP contribution in [0, 0.1) is 5.92 Å². The van der Waals surface area contributed by atoms with E-state index in [1.54, 1.807) is 4.90 Å². The molecule has 5 nitrogen and oxygen atoms in total. The molecule has 1 fully saturated rings. The summed E-state index contributed by atoms with van der Waals surface area (Å²) in [5.41, 5.74) is 5.89. The molecule has 7 heteroatoms. The quantitative estimate of drug-likeness (QED) is 0.901. The van der Waals surface area contributed by atoms with Crippen LogP contribution in [0.3, 0.4) is 0 Å². The van der Waals surface area contributed by atoms with Crippen LogP contribution in [0.2, 0.25) is 5.02 Å². The molecule has 1 aliphatic heterocycles. The fourth-order valence-corrected chi connectivity index (χ4v) is 4.00. The molecule has 1 saturated heterocycles. The predicted octanol–water partition coefficient (Wildman–Crippen LogP) is 1.70. The van der Waals surface area contributed by atoms with E-state index >= 15 is 0 Å². The first kappa shape index (κ1) is 17.2.